The van der Waals surface area contributed by atoms with Gasteiger partial charge in [0.2, 0.25) is 0 Å². The summed E-state index contributed by atoms with van der Waals surface area (Å²) in [7, 11) is -2.20. The van der Waals surface area contributed by atoms with Crippen molar-refractivity contribution in [2.24, 2.45) is 10.7 Å². The van der Waals surface area contributed by atoms with E-state index in [1.165, 1.54) is 0 Å². The van der Waals surface area contributed by atoms with Crippen LogP contribution in [0.4, 0.5) is 0 Å². The molecule has 3 rings (SSSR count). The fourth-order valence-electron chi connectivity index (χ4n) is 3.13. The second-order valence-corrected chi connectivity index (χ2v) is 8.08. The van der Waals surface area contributed by atoms with Gasteiger partial charge in [-0.15, -0.1) is 4.52 Å². The molecule has 11 heteroatoms. The molecule has 28 heavy (non-hydrogen) atoms. The lowest BCUT2D eigenvalue weighted by Crippen LogP contribution is -2.33. The van der Waals surface area contributed by atoms with Crippen molar-refractivity contribution in [1.29, 1.82) is 0 Å². The van der Waals surface area contributed by atoms with Gasteiger partial charge in [-0.1, -0.05) is 5.09 Å². The molecule has 0 spiro atoms. The maximum absolute atomic E-state index is 12.0. The van der Waals surface area contributed by atoms with Crippen molar-refractivity contribution >= 4 is 20.0 Å². The van der Waals surface area contributed by atoms with Gasteiger partial charge in [0.1, 0.15) is 30.8 Å². The van der Waals surface area contributed by atoms with Gasteiger partial charge in [0.05, 0.1) is 24.0 Å². The Kier molecular flexibility index (Phi) is 6.66. The van der Waals surface area contributed by atoms with E-state index in [2.05, 4.69) is 15.5 Å². The van der Waals surface area contributed by atoms with E-state index in [1.807, 2.05) is 16.8 Å². The van der Waals surface area contributed by atoms with Crippen LogP contribution in [0.5, 0.6) is 0 Å². The minimum Gasteiger partial charge on any atom is -0.462 e. The van der Waals surface area contributed by atoms with Crippen molar-refractivity contribution in [3.05, 3.63) is 23.5 Å². The van der Waals surface area contributed by atoms with Crippen molar-refractivity contribution in [1.82, 2.24) is 9.76 Å². The molecule has 0 radical (unpaired) electrons. The van der Waals surface area contributed by atoms with E-state index < -0.39 is 20.2 Å². The van der Waals surface area contributed by atoms with Crippen LogP contribution in [-0.2, 0) is 23.4 Å². The van der Waals surface area contributed by atoms with Crippen molar-refractivity contribution in [2.45, 2.75) is 58.0 Å². The zero-order valence-electron chi connectivity index (χ0n) is 16.3. The second kappa shape index (κ2) is 9.00. The zero-order chi connectivity index (χ0) is 20.3. The summed E-state index contributed by atoms with van der Waals surface area (Å²) in [5.41, 5.74) is 10.9. The lowest BCUT2D eigenvalue weighted by atomic mass is 10.1. The average Bonchev–Trinajstić information content (AvgIpc) is 3.26. The van der Waals surface area contributed by atoms with Crippen LogP contribution in [0.15, 0.2) is 17.1 Å². The Balaban J connectivity index is 1.46. The predicted molar refractivity (Wildman–Crippen MR) is 104 cm³/mol. The van der Waals surface area contributed by atoms with Crippen molar-refractivity contribution in [3.63, 3.8) is 0 Å². The third kappa shape index (κ3) is 4.88. The summed E-state index contributed by atoms with van der Waals surface area (Å²) >= 11 is 0. The van der Waals surface area contributed by atoms with Crippen LogP contribution in [0.25, 0.3) is 0 Å². The van der Waals surface area contributed by atoms with Crippen LogP contribution >= 0.6 is 8.18 Å². The Hall–Kier alpha value is -2.00. The third-order valence-corrected chi connectivity index (χ3v) is 5.45. The molecule has 2 aliphatic heterocycles. The summed E-state index contributed by atoms with van der Waals surface area (Å²) in [6, 6.07) is 3.16. The van der Waals surface area contributed by atoms with Crippen molar-refractivity contribution in [3.8, 4) is 0 Å². The first-order chi connectivity index (χ1) is 13.3. The fraction of sp³-hybridized carbons (Fsp3) is 0.647. The number of rotatable bonds is 8. The first kappa shape index (κ1) is 20.7. The molecule has 0 aliphatic carbocycles. The van der Waals surface area contributed by atoms with Gasteiger partial charge in [-0.3, -0.25) is 9.47 Å². The number of aromatic nitrogens is 1. The normalized spacial score (nSPS) is 23.0. The van der Waals surface area contributed by atoms with E-state index in [4.69, 9.17) is 19.7 Å². The number of hydrogen-bond acceptors (Lipinski definition) is 8. The van der Waals surface area contributed by atoms with Gasteiger partial charge in [-0.25, -0.2) is 4.99 Å². The van der Waals surface area contributed by atoms with Gasteiger partial charge in [0.15, 0.2) is 0 Å². The number of hydrogen-bond donors (Lipinski definition) is 3. The number of nitrogens with one attached hydrogen (secondary N) is 2. The Morgan fingerprint density at radius 3 is 3.00 bits per heavy atom. The lowest BCUT2D eigenvalue weighted by molar-refractivity contribution is -0.149. The Morgan fingerprint density at radius 2 is 2.25 bits per heavy atom. The molecule has 1 aromatic rings. The summed E-state index contributed by atoms with van der Waals surface area (Å²) in [6.07, 6.45) is 1.09. The fourth-order valence-corrected chi connectivity index (χ4v) is 3.93. The minimum atomic E-state index is -2.20. The predicted octanol–water partition coefficient (Wildman–Crippen LogP) is 1.53. The number of carbonyl (C=O) groups excluding carboxylic acids is 1. The highest BCUT2D eigenvalue weighted by Gasteiger charge is 2.34. The second-order valence-electron chi connectivity index (χ2n) is 7.05. The molecule has 10 nitrogen and oxygen atoms in total. The number of fused-ring (bicyclic) bond motifs is 1. The first-order valence-corrected chi connectivity index (χ1v) is 10.5. The van der Waals surface area contributed by atoms with Crippen molar-refractivity contribution < 1.29 is 23.4 Å². The number of carbonyl (C=O) groups is 1. The number of amidine groups is 1. The SMILES string of the molecule is CC(C)OC(=O)[C@@H](C)N[P+](=O)OCC1CCC(c2ccc3n2NCN=C3N)O1. The van der Waals surface area contributed by atoms with E-state index in [9.17, 15) is 9.36 Å². The zero-order valence-corrected chi connectivity index (χ0v) is 17.1. The van der Waals surface area contributed by atoms with Gasteiger partial charge >= 0.3 is 14.1 Å². The quantitative estimate of drug-likeness (QED) is 0.433. The molecule has 154 valence electrons. The van der Waals surface area contributed by atoms with Gasteiger partial charge in [-0.2, -0.15) is 0 Å². The maximum Gasteiger partial charge on any atom is 0.613 e. The molecule has 4 N–H and O–H groups in total. The van der Waals surface area contributed by atoms with Gasteiger partial charge in [0.25, 0.3) is 0 Å². The van der Waals surface area contributed by atoms with Crippen molar-refractivity contribution in [2.75, 3.05) is 18.7 Å². The van der Waals surface area contributed by atoms with Crippen LogP contribution in [0, 0.1) is 0 Å². The molecule has 1 saturated heterocycles. The molecule has 1 fully saturated rings. The van der Waals surface area contributed by atoms with Crippen LogP contribution in [0.1, 0.15) is 51.1 Å². The molecule has 0 amide bonds. The maximum atomic E-state index is 12.0. The number of nitrogens with zero attached hydrogens (tertiary/aromatic N) is 2. The van der Waals surface area contributed by atoms with Crippen LogP contribution < -0.4 is 16.2 Å². The Morgan fingerprint density at radius 1 is 1.46 bits per heavy atom. The van der Waals surface area contributed by atoms with Crippen LogP contribution in [0.3, 0.4) is 0 Å². The Bertz CT molecular complexity index is 765. The average molecular weight is 412 g/mol. The summed E-state index contributed by atoms with van der Waals surface area (Å²) in [4.78, 5) is 15.9. The number of esters is 1. The third-order valence-electron chi connectivity index (χ3n) is 4.47. The van der Waals surface area contributed by atoms with E-state index in [0.717, 1.165) is 24.2 Å². The molecule has 4 atom stereocenters. The molecule has 1 aromatic heterocycles. The molecular weight excluding hydrogens is 385 g/mol. The topological polar surface area (TPSA) is 129 Å². The summed E-state index contributed by atoms with van der Waals surface area (Å²) in [5.74, 6) is 0.0310. The number of ether oxygens (including phenoxy) is 2. The smallest absolute Gasteiger partial charge is 0.462 e. The van der Waals surface area contributed by atoms with Crippen LogP contribution in [0.2, 0.25) is 0 Å². The van der Waals surface area contributed by atoms with E-state index in [0.29, 0.717) is 12.5 Å². The lowest BCUT2D eigenvalue weighted by Gasteiger charge is -2.21. The molecular formula is C17H27N5O5P+. The molecule has 3 heterocycles. The van der Waals surface area contributed by atoms with Gasteiger partial charge < -0.3 is 20.6 Å². The van der Waals surface area contributed by atoms with Gasteiger partial charge in [0, 0.05) is 0 Å². The summed E-state index contributed by atoms with van der Waals surface area (Å²) in [6.45, 7) is 5.70. The first-order valence-electron chi connectivity index (χ1n) is 9.33. The molecule has 0 bridgehead atoms. The molecule has 3 unspecified atom stereocenters. The number of aliphatic imine (C=N–C) groups is 1. The highest BCUT2D eigenvalue weighted by molar-refractivity contribution is 7.36. The number of nitrogens with two attached hydrogens (primary N) is 1. The summed E-state index contributed by atoms with van der Waals surface area (Å²) in [5, 5.41) is 2.61. The van der Waals surface area contributed by atoms with E-state index in [1.54, 1.807) is 20.8 Å². The Labute approximate surface area is 164 Å². The monoisotopic (exact) mass is 412 g/mol. The highest BCUT2D eigenvalue weighted by atomic mass is 31.1. The van der Waals surface area contributed by atoms with Gasteiger partial charge in [-0.05, 0) is 50.3 Å². The van der Waals surface area contributed by atoms with E-state index >= 15 is 0 Å². The minimum absolute atomic E-state index is 0.105. The molecule has 0 aromatic carbocycles. The van der Waals surface area contributed by atoms with E-state index in [-0.39, 0.29) is 24.9 Å². The molecule has 0 saturated carbocycles. The molecule has 2 aliphatic rings. The summed E-state index contributed by atoms with van der Waals surface area (Å²) < 4.78 is 30.4. The highest BCUT2D eigenvalue weighted by Crippen LogP contribution is 2.35. The largest absolute Gasteiger partial charge is 0.613 e. The van der Waals surface area contributed by atoms with Crippen LogP contribution in [-0.4, -0.2) is 48.0 Å². The standard InChI is InChI=1S/C17H27N5O5P/c1-10(2)26-17(23)11(3)21-28(24)25-8-12-4-7-15(27-12)13-5-6-14-16(18)19-9-20-22(13)14/h5-6,10-12,15,20H,4,7-9H2,1-3H3,(H2,18,19)(H,21,24)/q+1/t11-,12?,15?/m1/s1.